The summed E-state index contributed by atoms with van der Waals surface area (Å²) in [6.07, 6.45) is 1.52. The number of benzene rings is 1. The highest BCUT2D eigenvalue weighted by Gasteiger charge is 2.38. The van der Waals surface area contributed by atoms with E-state index in [0.29, 0.717) is 13.1 Å². The van der Waals surface area contributed by atoms with Crippen LogP contribution in [0.15, 0.2) is 6.07 Å². The van der Waals surface area contributed by atoms with Gasteiger partial charge in [0.25, 0.3) is 0 Å². The maximum Gasteiger partial charge on any atom is 0.185 e. The van der Waals surface area contributed by atoms with Gasteiger partial charge in [0.1, 0.15) is 5.69 Å². The van der Waals surface area contributed by atoms with Crippen molar-refractivity contribution in [1.82, 2.24) is 5.32 Å². The topological polar surface area (TPSA) is 15.3 Å². The first-order valence-electron chi connectivity index (χ1n) is 7.20. The standard InChI is InChI=1S/C15H20F4N2/c1-4-15(5-2)8-21(9(3)7-20-15)14-12(18)10(16)6-11(17)13(14)19/h6,9,20H,4-5,7-8H2,1-3H3. The molecule has 1 unspecified atom stereocenters. The summed E-state index contributed by atoms with van der Waals surface area (Å²) in [5.41, 5.74) is -0.915. The van der Waals surface area contributed by atoms with Crippen LogP contribution in [-0.2, 0) is 0 Å². The van der Waals surface area contributed by atoms with Gasteiger partial charge in [0.05, 0.1) is 0 Å². The number of nitrogens with zero attached hydrogens (tertiary/aromatic N) is 1. The predicted molar refractivity (Wildman–Crippen MR) is 74.4 cm³/mol. The number of piperazine rings is 1. The number of nitrogens with one attached hydrogen (secondary N) is 1. The second-order valence-corrected chi connectivity index (χ2v) is 5.66. The fraction of sp³-hybridized carbons (Fsp3) is 0.600. The summed E-state index contributed by atoms with van der Waals surface area (Å²) in [4.78, 5) is 1.43. The van der Waals surface area contributed by atoms with Crippen molar-refractivity contribution < 1.29 is 17.6 Å². The zero-order chi connectivity index (χ0) is 15.8. The molecule has 1 aliphatic rings. The van der Waals surface area contributed by atoms with Crippen LogP contribution in [0.3, 0.4) is 0 Å². The van der Waals surface area contributed by atoms with E-state index >= 15 is 0 Å². The van der Waals surface area contributed by atoms with Gasteiger partial charge in [0.2, 0.25) is 0 Å². The van der Waals surface area contributed by atoms with Crippen molar-refractivity contribution in [2.45, 2.75) is 45.2 Å². The van der Waals surface area contributed by atoms with E-state index in [2.05, 4.69) is 5.32 Å². The molecule has 1 atom stereocenters. The molecule has 2 nitrogen and oxygen atoms in total. The Kier molecular flexibility index (Phi) is 4.46. The minimum atomic E-state index is -1.37. The van der Waals surface area contributed by atoms with Gasteiger partial charge in [0.15, 0.2) is 23.3 Å². The average molecular weight is 304 g/mol. The van der Waals surface area contributed by atoms with Gasteiger partial charge in [-0.1, -0.05) is 13.8 Å². The van der Waals surface area contributed by atoms with Gasteiger partial charge in [-0.15, -0.1) is 0 Å². The molecule has 1 saturated heterocycles. The number of anilines is 1. The highest BCUT2D eigenvalue weighted by atomic mass is 19.2. The minimum absolute atomic E-state index is 0.244. The van der Waals surface area contributed by atoms with Crippen molar-refractivity contribution in [1.29, 1.82) is 0 Å². The largest absolute Gasteiger partial charge is 0.361 e. The van der Waals surface area contributed by atoms with Gasteiger partial charge in [-0.05, 0) is 19.8 Å². The Hall–Kier alpha value is -1.30. The molecule has 0 spiro atoms. The van der Waals surface area contributed by atoms with Crippen LogP contribution >= 0.6 is 0 Å². The molecule has 2 rings (SSSR count). The molecule has 0 bridgehead atoms. The molecule has 0 amide bonds. The smallest absolute Gasteiger partial charge is 0.185 e. The molecular formula is C15H20F4N2. The van der Waals surface area contributed by atoms with E-state index in [0.717, 1.165) is 12.8 Å². The van der Waals surface area contributed by atoms with E-state index in [1.54, 1.807) is 6.92 Å². The van der Waals surface area contributed by atoms with Crippen molar-refractivity contribution >= 4 is 5.69 Å². The second-order valence-electron chi connectivity index (χ2n) is 5.66. The Morgan fingerprint density at radius 1 is 1.14 bits per heavy atom. The average Bonchev–Trinajstić information content (AvgIpc) is 2.48. The minimum Gasteiger partial charge on any atom is -0.361 e. The number of rotatable bonds is 3. The molecule has 1 heterocycles. The van der Waals surface area contributed by atoms with E-state index in [4.69, 9.17) is 0 Å². The van der Waals surface area contributed by atoms with Crippen LogP contribution in [0.1, 0.15) is 33.6 Å². The summed E-state index contributed by atoms with van der Waals surface area (Å²) in [6, 6.07) is -0.0186. The van der Waals surface area contributed by atoms with Crippen molar-refractivity contribution in [2.24, 2.45) is 0 Å². The van der Waals surface area contributed by atoms with Crippen molar-refractivity contribution in [3.63, 3.8) is 0 Å². The third-order valence-electron chi connectivity index (χ3n) is 4.51. The maximum absolute atomic E-state index is 14.0. The van der Waals surface area contributed by atoms with Gasteiger partial charge < -0.3 is 10.2 Å². The zero-order valence-corrected chi connectivity index (χ0v) is 12.4. The second kappa shape index (κ2) is 5.83. The Balaban J connectivity index is 2.49. The number of halogens is 4. The van der Waals surface area contributed by atoms with Crippen LogP contribution in [0.4, 0.5) is 23.2 Å². The van der Waals surface area contributed by atoms with E-state index < -0.39 is 29.0 Å². The molecule has 1 N–H and O–H groups in total. The monoisotopic (exact) mass is 304 g/mol. The normalized spacial score (nSPS) is 21.7. The fourth-order valence-corrected chi connectivity index (χ4v) is 2.85. The van der Waals surface area contributed by atoms with Crippen LogP contribution in [0.2, 0.25) is 0 Å². The summed E-state index contributed by atoms with van der Waals surface area (Å²) < 4.78 is 54.9. The van der Waals surface area contributed by atoms with E-state index in [-0.39, 0.29) is 17.6 Å². The first-order valence-corrected chi connectivity index (χ1v) is 7.20. The predicted octanol–water partition coefficient (Wildman–Crippen LogP) is 3.60. The van der Waals surface area contributed by atoms with E-state index in [1.165, 1.54) is 4.90 Å². The molecule has 0 saturated carbocycles. The summed E-state index contributed by atoms with van der Waals surface area (Å²) in [7, 11) is 0. The number of hydrogen-bond donors (Lipinski definition) is 1. The molecule has 1 aliphatic heterocycles. The van der Waals surface area contributed by atoms with Crippen LogP contribution in [0.25, 0.3) is 0 Å². The third kappa shape index (κ3) is 2.73. The summed E-state index contributed by atoms with van der Waals surface area (Å²) in [6.45, 7) is 6.52. The summed E-state index contributed by atoms with van der Waals surface area (Å²) in [5.74, 6) is -5.39. The first kappa shape index (κ1) is 16.1. The molecule has 118 valence electrons. The summed E-state index contributed by atoms with van der Waals surface area (Å²) >= 11 is 0. The van der Waals surface area contributed by atoms with Gasteiger partial charge in [-0.25, -0.2) is 17.6 Å². The van der Waals surface area contributed by atoms with Crippen LogP contribution < -0.4 is 10.2 Å². The van der Waals surface area contributed by atoms with Gasteiger partial charge in [0, 0.05) is 30.7 Å². The third-order valence-corrected chi connectivity index (χ3v) is 4.51. The van der Waals surface area contributed by atoms with Crippen molar-refractivity contribution in [3.05, 3.63) is 29.3 Å². The Labute approximate surface area is 122 Å². The Bertz CT molecular complexity index is 503. The molecule has 0 aromatic heterocycles. The van der Waals surface area contributed by atoms with Gasteiger partial charge in [-0.3, -0.25) is 0 Å². The van der Waals surface area contributed by atoms with Crippen LogP contribution in [-0.4, -0.2) is 24.7 Å². The molecule has 0 radical (unpaired) electrons. The first-order chi connectivity index (χ1) is 9.85. The zero-order valence-electron chi connectivity index (χ0n) is 12.4. The molecular weight excluding hydrogens is 284 g/mol. The fourth-order valence-electron chi connectivity index (χ4n) is 2.85. The molecule has 1 aromatic carbocycles. The molecule has 1 fully saturated rings. The van der Waals surface area contributed by atoms with Crippen LogP contribution in [0, 0.1) is 23.3 Å². The van der Waals surface area contributed by atoms with E-state index in [9.17, 15) is 17.6 Å². The lowest BCUT2D eigenvalue weighted by Gasteiger charge is -2.47. The lowest BCUT2D eigenvalue weighted by atomic mass is 9.88. The highest BCUT2D eigenvalue weighted by Crippen LogP contribution is 2.33. The van der Waals surface area contributed by atoms with Crippen LogP contribution in [0.5, 0.6) is 0 Å². The Morgan fingerprint density at radius 3 is 2.14 bits per heavy atom. The SMILES string of the molecule is CCC1(CC)CN(c2c(F)c(F)cc(F)c2F)C(C)CN1. The van der Waals surface area contributed by atoms with Gasteiger partial charge in [-0.2, -0.15) is 0 Å². The summed E-state index contributed by atoms with van der Waals surface area (Å²) in [5, 5.41) is 3.38. The molecule has 6 heteroatoms. The Morgan fingerprint density at radius 2 is 1.67 bits per heavy atom. The lowest BCUT2D eigenvalue weighted by molar-refractivity contribution is 0.250. The molecule has 1 aromatic rings. The quantitative estimate of drug-likeness (QED) is 0.678. The number of hydrogen-bond acceptors (Lipinski definition) is 2. The molecule has 21 heavy (non-hydrogen) atoms. The highest BCUT2D eigenvalue weighted by molar-refractivity contribution is 5.52. The molecule has 0 aliphatic carbocycles. The van der Waals surface area contributed by atoms with Gasteiger partial charge >= 0.3 is 0 Å². The maximum atomic E-state index is 14.0. The van der Waals surface area contributed by atoms with Crippen molar-refractivity contribution in [3.8, 4) is 0 Å². The van der Waals surface area contributed by atoms with Crippen molar-refractivity contribution in [2.75, 3.05) is 18.0 Å². The van der Waals surface area contributed by atoms with E-state index in [1.807, 2.05) is 13.8 Å². The lowest BCUT2D eigenvalue weighted by Crippen LogP contribution is -2.63.